The molecule has 1 saturated heterocycles. The molecule has 0 radical (unpaired) electrons. The molecule has 2 amide bonds. The normalized spacial score (nSPS) is 26.6. The van der Waals surface area contributed by atoms with E-state index in [0.29, 0.717) is 26.3 Å². The van der Waals surface area contributed by atoms with Crippen LogP contribution in [-0.2, 0) is 14.3 Å². The summed E-state index contributed by atoms with van der Waals surface area (Å²) in [5, 5.41) is 2.74. The van der Waals surface area contributed by atoms with Crippen molar-refractivity contribution in [3.05, 3.63) is 0 Å². The highest BCUT2D eigenvalue weighted by Crippen LogP contribution is 2.22. The molecule has 0 spiro atoms. The molecule has 2 aliphatic rings. The molecule has 0 aromatic carbocycles. The van der Waals surface area contributed by atoms with Crippen LogP contribution in [0.25, 0.3) is 0 Å². The summed E-state index contributed by atoms with van der Waals surface area (Å²) in [6.45, 7) is 2.48. The number of rotatable bonds is 3. The maximum atomic E-state index is 12.0. The number of ether oxygens (including phenoxy) is 1. The minimum absolute atomic E-state index is 0. The lowest BCUT2D eigenvalue weighted by molar-refractivity contribution is -0.137. The molecule has 2 fully saturated rings. The largest absolute Gasteiger partial charge is 0.378 e. The van der Waals surface area contributed by atoms with Gasteiger partial charge in [-0.3, -0.25) is 9.59 Å². The summed E-state index contributed by atoms with van der Waals surface area (Å²) in [5.74, 6) is -0.0882. The molecule has 1 aliphatic heterocycles. The van der Waals surface area contributed by atoms with Crippen LogP contribution in [0.5, 0.6) is 0 Å². The Kier molecular flexibility index (Phi) is 7.26. The number of amides is 2. The molecule has 0 aromatic rings. The van der Waals surface area contributed by atoms with Gasteiger partial charge in [-0.15, -0.1) is 12.4 Å². The van der Waals surface area contributed by atoms with Gasteiger partial charge in [0.2, 0.25) is 11.8 Å². The fourth-order valence-corrected chi connectivity index (χ4v) is 2.70. The molecule has 1 saturated carbocycles. The van der Waals surface area contributed by atoms with Gasteiger partial charge in [-0.1, -0.05) is 6.42 Å². The summed E-state index contributed by atoms with van der Waals surface area (Å²) >= 11 is 0. The minimum Gasteiger partial charge on any atom is -0.378 e. The monoisotopic (exact) mass is 305 g/mol. The van der Waals surface area contributed by atoms with Gasteiger partial charge in [0.15, 0.2) is 0 Å². The molecular formula is C13H24ClN3O3. The second kappa shape index (κ2) is 8.44. The first-order valence-electron chi connectivity index (χ1n) is 7.05. The van der Waals surface area contributed by atoms with Crippen LogP contribution in [0, 0.1) is 5.92 Å². The lowest BCUT2D eigenvalue weighted by Crippen LogP contribution is -2.47. The second-order valence-electron chi connectivity index (χ2n) is 5.33. The third kappa shape index (κ3) is 4.92. The maximum Gasteiger partial charge on any atom is 0.242 e. The Morgan fingerprint density at radius 2 is 1.95 bits per heavy atom. The van der Waals surface area contributed by atoms with Crippen LogP contribution in [0.2, 0.25) is 0 Å². The predicted octanol–water partition coefficient (Wildman–Crippen LogP) is -0.0993. The van der Waals surface area contributed by atoms with E-state index in [9.17, 15) is 9.59 Å². The summed E-state index contributed by atoms with van der Waals surface area (Å²) in [6, 6.07) is 0.124. The van der Waals surface area contributed by atoms with Gasteiger partial charge in [0.05, 0.1) is 19.8 Å². The molecule has 1 aliphatic carbocycles. The van der Waals surface area contributed by atoms with E-state index in [0.717, 1.165) is 25.7 Å². The Bertz CT molecular complexity index is 335. The van der Waals surface area contributed by atoms with E-state index in [1.807, 2.05) is 0 Å². The number of carbonyl (C=O) groups excluding carboxylic acids is 2. The highest BCUT2D eigenvalue weighted by Gasteiger charge is 2.26. The summed E-state index contributed by atoms with van der Waals surface area (Å²) in [4.78, 5) is 25.6. The van der Waals surface area contributed by atoms with Crippen LogP contribution in [-0.4, -0.2) is 55.6 Å². The van der Waals surface area contributed by atoms with Crippen LogP contribution in [0.3, 0.4) is 0 Å². The SMILES string of the molecule is Cl.NC1CCCC(C(=O)NCC(=O)N2CCOCC2)C1. The molecule has 3 N–H and O–H groups in total. The van der Waals surface area contributed by atoms with Gasteiger partial charge in [0.25, 0.3) is 0 Å². The number of nitrogens with zero attached hydrogens (tertiary/aromatic N) is 1. The molecule has 20 heavy (non-hydrogen) atoms. The van der Waals surface area contributed by atoms with Crippen LogP contribution in [0.1, 0.15) is 25.7 Å². The van der Waals surface area contributed by atoms with Gasteiger partial charge >= 0.3 is 0 Å². The average Bonchev–Trinajstić information content (AvgIpc) is 2.45. The molecule has 2 rings (SSSR count). The Labute approximate surface area is 125 Å². The van der Waals surface area contributed by atoms with Crippen LogP contribution in [0.4, 0.5) is 0 Å². The maximum absolute atomic E-state index is 12.0. The van der Waals surface area contributed by atoms with Crippen molar-refractivity contribution in [1.29, 1.82) is 0 Å². The van der Waals surface area contributed by atoms with E-state index in [2.05, 4.69) is 5.32 Å². The highest BCUT2D eigenvalue weighted by atomic mass is 35.5. The fraction of sp³-hybridized carbons (Fsp3) is 0.846. The molecule has 2 unspecified atom stereocenters. The highest BCUT2D eigenvalue weighted by molar-refractivity contribution is 5.86. The minimum atomic E-state index is -0.0308. The molecular weight excluding hydrogens is 282 g/mol. The van der Waals surface area contributed by atoms with Crippen molar-refractivity contribution in [1.82, 2.24) is 10.2 Å². The topological polar surface area (TPSA) is 84.7 Å². The lowest BCUT2D eigenvalue weighted by Gasteiger charge is -2.28. The van der Waals surface area contributed by atoms with E-state index in [1.54, 1.807) is 4.90 Å². The standard InChI is InChI=1S/C13H23N3O3.ClH/c14-11-3-1-2-10(8-11)13(18)15-9-12(17)16-4-6-19-7-5-16;/h10-11H,1-9,14H2,(H,15,18);1H. The summed E-state index contributed by atoms with van der Waals surface area (Å²) in [6.07, 6.45) is 3.61. The van der Waals surface area contributed by atoms with Gasteiger partial charge in [-0.2, -0.15) is 0 Å². The number of halogens is 1. The van der Waals surface area contributed by atoms with Gasteiger partial charge in [0, 0.05) is 25.0 Å². The molecule has 6 nitrogen and oxygen atoms in total. The average molecular weight is 306 g/mol. The molecule has 0 bridgehead atoms. The summed E-state index contributed by atoms with van der Waals surface area (Å²) < 4.78 is 5.19. The molecule has 2 atom stereocenters. The van der Waals surface area contributed by atoms with E-state index < -0.39 is 0 Å². The summed E-state index contributed by atoms with van der Waals surface area (Å²) in [5.41, 5.74) is 5.87. The van der Waals surface area contributed by atoms with Crippen LogP contribution >= 0.6 is 12.4 Å². The Hall–Kier alpha value is -0.850. The molecule has 0 aromatic heterocycles. The number of morpholine rings is 1. The Balaban J connectivity index is 0.00000200. The molecule has 7 heteroatoms. The number of hydrogen-bond acceptors (Lipinski definition) is 4. The van der Waals surface area contributed by atoms with Crippen LogP contribution < -0.4 is 11.1 Å². The van der Waals surface area contributed by atoms with E-state index in [4.69, 9.17) is 10.5 Å². The van der Waals surface area contributed by atoms with E-state index in [-0.39, 0.29) is 42.7 Å². The van der Waals surface area contributed by atoms with Crippen molar-refractivity contribution in [3.63, 3.8) is 0 Å². The number of nitrogens with two attached hydrogens (primary N) is 1. The lowest BCUT2D eigenvalue weighted by atomic mass is 9.85. The van der Waals surface area contributed by atoms with Gasteiger partial charge in [-0.25, -0.2) is 0 Å². The van der Waals surface area contributed by atoms with Gasteiger partial charge in [-0.05, 0) is 19.3 Å². The van der Waals surface area contributed by atoms with Crippen molar-refractivity contribution in [2.45, 2.75) is 31.7 Å². The van der Waals surface area contributed by atoms with Crippen molar-refractivity contribution in [2.75, 3.05) is 32.8 Å². The van der Waals surface area contributed by atoms with Crippen molar-refractivity contribution in [2.24, 2.45) is 11.7 Å². The number of carbonyl (C=O) groups is 2. The zero-order valence-electron chi connectivity index (χ0n) is 11.7. The van der Waals surface area contributed by atoms with Gasteiger partial charge in [0.1, 0.15) is 0 Å². The first-order valence-corrected chi connectivity index (χ1v) is 7.05. The Morgan fingerprint density at radius 1 is 1.25 bits per heavy atom. The van der Waals surface area contributed by atoms with E-state index >= 15 is 0 Å². The van der Waals surface area contributed by atoms with Crippen molar-refractivity contribution < 1.29 is 14.3 Å². The second-order valence-corrected chi connectivity index (χ2v) is 5.33. The van der Waals surface area contributed by atoms with Crippen molar-refractivity contribution in [3.8, 4) is 0 Å². The third-order valence-corrected chi connectivity index (χ3v) is 3.86. The first-order chi connectivity index (χ1) is 9.16. The number of hydrogen-bond donors (Lipinski definition) is 2. The first kappa shape index (κ1) is 17.2. The predicted molar refractivity (Wildman–Crippen MR) is 77.6 cm³/mol. The zero-order chi connectivity index (χ0) is 13.7. The molecule has 1 heterocycles. The summed E-state index contributed by atoms with van der Waals surface area (Å²) in [7, 11) is 0. The van der Waals surface area contributed by atoms with E-state index in [1.165, 1.54) is 0 Å². The Morgan fingerprint density at radius 3 is 2.60 bits per heavy atom. The van der Waals surface area contributed by atoms with Gasteiger partial charge < -0.3 is 20.7 Å². The fourth-order valence-electron chi connectivity index (χ4n) is 2.70. The zero-order valence-corrected chi connectivity index (χ0v) is 12.5. The van der Waals surface area contributed by atoms with Crippen LogP contribution in [0.15, 0.2) is 0 Å². The number of nitrogens with one attached hydrogen (secondary N) is 1. The van der Waals surface area contributed by atoms with Crippen molar-refractivity contribution >= 4 is 24.2 Å². The third-order valence-electron chi connectivity index (χ3n) is 3.86. The smallest absolute Gasteiger partial charge is 0.242 e. The quantitative estimate of drug-likeness (QED) is 0.762. The molecule has 116 valence electrons.